The van der Waals surface area contributed by atoms with Gasteiger partial charge in [0, 0.05) is 5.56 Å². The minimum Gasteiger partial charge on any atom is -0.447 e. The lowest BCUT2D eigenvalue weighted by atomic mass is 10.2. The lowest BCUT2D eigenvalue weighted by Crippen LogP contribution is -2.48. The van der Waals surface area contributed by atoms with Crippen LogP contribution in [-0.4, -0.2) is 22.4 Å². The molecular formula is C13H13F3N3O2+. The molecule has 0 amide bonds. The second-order valence-electron chi connectivity index (χ2n) is 4.16. The Morgan fingerprint density at radius 3 is 2.48 bits per heavy atom. The molecule has 0 spiro atoms. The summed E-state index contributed by atoms with van der Waals surface area (Å²) < 4.78 is 45.1. The Kier molecular flexibility index (Phi) is 3.97. The van der Waals surface area contributed by atoms with E-state index in [2.05, 4.69) is 4.98 Å². The molecule has 0 fully saturated rings. The Bertz CT molecular complexity index is 651. The minimum atomic E-state index is -4.67. The van der Waals surface area contributed by atoms with Gasteiger partial charge in [-0.25, -0.2) is 4.79 Å². The summed E-state index contributed by atoms with van der Waals surface area (Å²) in [5.41, 5.74) is 0.386. The van der Waals surface area contributed by atoms with Crippen LogP contribution in [0.4, 0.5) is 18.0 Å². The van der Waals surface area contributed by atoms with Crippen molar-refractivity contribution in [1.82, 2.24) is 9.67 Å². The molecule has 21 heavy (non-hydrogen) atoms. The Hall–Kier alpha value is -2.38. The highest BCUT2D eigenvalue weighted by atomic mass is 19.4. The van der Waals surface area contributed by atoms with Crippen LogP contribution in [-0.2, 0) is 18.0 Å². The Morgan fingerprint density at radius 2 is 1.95 bits per heavy atom. The molecule has 1 aromatic heterocycles. The van der Waals surface area contributed by atoms with Crippen LogP contribution in [0.2, 0.25) is 0 Å². The summed E-state index contributed by atoms with van der Waals surface area (Å²) in [6.07, 6.45) is -5.59. The van der Waals surface area contributed by atoms with Crippen LogP contribution < -0.4 is 4.68 Å². The molecule has 2 aromatic rings. The largest absolute Gasteiger partial charge is 0.501 e. The first-order chi connectivity index (χ1) is 9.86. The molecule has 1 heterocycles. The summed E-state index contributed by atoms with van der Waals surface area (Å²) >= 11 is 0. The van der Waals surface area contributed by atoms with E-state index in [1.807, 2.05) is 0 Å². The van der Waals surface area contributed by atoms with Crippen LogP contribution in [0, 0.1) is 0 Å². The smallest absolute Gasteiger partial charge is 0.447 e. The molecule has 1 aromatic carbocycles. The number of alkyl halides is 3. The molecule has 0 aliphatic rings. The Balaban J connectivity index is 2.66. The van der Waals surface area contributed by atoms with Crippen LogP contribution in [0.15, 0.2) is 30.3 Å². The highest BCUT2D eigenvalue weighted by Gasteiger charge is 2.48. The zero-order valence-corrected chi connectivity index (χ0v) is 11.4. The van der Waals surface area contributed by atoms with Crippen molar-refractivity contribution in [3.8, 4) is 11.4 Å². The van der Waals surface area contributed by atoms with Crippen molar-refractivity contribution < 1.29 is 27.4 Å². The molecule has 2 rings (SSSR count). The first-order valence-electron chi connectivity index (χ1n) is 6.15. The molecule has 0 aliphatic heterocycles. The lowest BCUT2D eigenvalue weighted by Gasteiger charge is -2.04. The summed E-state index contributed by atoms with van der Waals surface area (Å²) in [6, 6.07) is 8.14. The number of aromatic nitrogens is 3. The molecule has 0 saturated heterocycles. The molecule has 112 valence electrons. The van der Waals surface area contributed by atoms with Gasteiger partial charge < -0.3 is 4.74 Å². The van der Waals surface area contributed by atoms with Gasteiger partial charge in [0.1, 0.15) is 7.05 Å². The van der Waals surface area contributed by atoms with E-state index in [0.717, 1.165) is 11.7 Å². The number of nitrogens with zero attached hydrogens (tertiary/aromatic N) is 3. The fourth-order valence-electron chi connectivity index (χ4n) is 1.87. The summed E-state index contributed by atoms with van der Waals surface area (Å²) in [6.45, 7) is 1.62. The van der Waals surface area contributed by atoms with Gasteiger partial charge in [-0.1, -0.05) is 22.9 Å². The number of rotatable bonds is 2. The summed E-state index contributed by atoms with van der Waals surface area (Å²) in [5, 5.41) is 0. The van der Waals surface area contributed by atoms with Crippen LogP contribution in [0.5, 0.6) is 0 Å². The van der Waals surface area contributed by atoms with Gasteiger partial charge in [-0.2, -0.15) is 13.2 Å². The average molecular weight is 300 g/mol. The topological polar surface area (TPSA) is 48.0 Å². The van der Waals surface area contributed by atoms with Gasteiger partial charge in [-0.3, -0.25) is 0 Å². The highest BCUT2D eigenvalue weighted by molar-refractivity contribution is 5.74. The first-order valence-corrected chi connectivity index (χ1v) is 6.15. The first kappa shape index (κ1) is 15.0. The zero-order valence-electron chi connectivity index (χ0n) is 11.4. The predicted octanol–water partition coefficient (Wildman–Crippen LogP) is 2.40. The molecular weight excluding hydrogens is 287 g/mol. The van der Waals surface area contributed by atoms with E-state index >= 15 is 0 Å². The molecule has 8 heteroatoms. The van der Waals surface area contributed by atoms with Gasteiger partial charge in [-0.15, -0.1) is 4.68 Å². The number of ether oxygens (including phenoxy) is 1. The van der Waals surface area contributed by atoms with Gasteiger partial charge in [0.25, 0.3) is 5.82 Å². The fraction of sp³-hybridized carbons (Fsp3) is 0.308. The molecule has 0 unspecified atom stereocenters. The highest BCUT2D eigenvalue weighted by Crippen LogP contribution is 2.27. The number of carbonyl (C=O) groups is 1. The third kappa shape index (κ3) is 2.88. The van der Waals surface area contributed by atoms with Crippen molar-refractivity contribution in [2.45, 2.75) is 13.1 Å². The van der Waals surface area contributed by atoms with Crippen molar-refractivity contribution in [2.24, 2.45) is 7.05 Å². The van der Waals surface area contributed by atoms with E-state index in [-0.39, 0.29) is 12.4 Å². The van der Waals surface area contributed by atoms with Crippen molar-refractivity contribution in [2.75, 3.05) is 6.61 Å². The summed E-state index contributed by atoms with van der Waals surface area (Å²) in [4.78, 5) is 15.5. The van der Waals surface area contributed by atoms with Crippen molar-refractivity contribution in [3.63, 3.8) is 0 Å². The van der Waals surface area contributed by atoms with Gasteiger partial charge in [0.2, 0.25) is 0 Å². The van der Waals surface area contributed by atoms with Crippen molar-refractivity contribution in [3.05, 3.63) is 36.2 Å². The standard InChI is InChI=1S/C13H13F3N3O2/c1-3-21-12(20)19-10(9-7-5-4-6-8-9)17-11(18(19)2)13(14,15)16/h4-8H,3H2,1-2H3/q+1. The second kappa shape index (κ2) is 5.55. The van der Waals surface area contributed by atoms with Crippen LogP contribution in [0.1, 0.15) is 12.7 Å². The molecule has 0 radical (unpaired) electrons. The van der Waals surface area contributed by atoms with E-state index in [1.165, 1.54) is 0 Å². The van der Waals surface area contributed by atoms with Gasteiger partial charge in [0.05, 0.1) is 6.61 Å². The van der Waals surface area contributed by atoms with E-state index in [1.54, 1.807) is 37.3 Å². The number of halogens is 3. The predicted molar refractivity (Wildman–Crippen MR) is 66.3 cm³/mol. The molecule has 0 saturated carbocycles. The van der Waals surface area contributed by atoms with E-state index in [9.17, 15) is 18.0 Å². The third-order valence-corrected chi connectivity index (χ3v) is 2.75. The van der Waals surface area contributed by atoms with Crippen LogP contribution in [0.3, 0.4) is 0 Å². The van der Waals surface area contributed by atoms with Gasteiger partial charge in [0.15, 0.2) is 0 Å². The summed E-state index contributed by atoms with van der Waals surface area (Å²) in [7, 11) is 1.11. The van der Waals surface area contributed by atoms with Gasteiger partial charge >= 0.3 is 18.1 Å². The van der Waals surface area contributed by atoms with E-state index in [0.29, 0.717) is 10.2 Å². The molecule has 0 bridgehead atoms. The quantitative estimate of drug-likeness (QED) is 0.800. The SMILES string of the molecule is CCOC(=O)n1c(-c2ccccc2)nc(C(F)(F)F)[n+]1C. The summed E-state index contributed by atoms with van der Waals surface area (Å²) in [5.74, 6) is -1.29. The second-order valence-corrected chi connectivity index (χ2v) is 4.16. The Morgan fingerprint density at radius 1 is 1.33 bits per heavy atom. The van der Waals surface area contributed by atoms with Crippen LogP contribution in [0.25, 0.3) is 11.4 Å². The molecule has 0 aliphatic carbocycles. The molecule has 5 nitrogen and oxygen atoms in total. The fourth-order valence-corrected chi connectivity index (χ4v) is 1.87. The zero-order chi connectivity index (χ0) is 15.6. The van der Waals surface area contributed by atoms with E-state index < -0.39 is 18.1 Å². The van der Waals surface area contributed by atoms with Gasteiger partial charge in [-0.05, 0) is 24.0 Å². The van der Waals surface area contributed by atoms with Crippen LogP contribution >= 0.6 is 0 Å². The molecule has 0 N–H and O–H groups in total. The van der Waals surface area contributed by atoms with Crippen molar-refractivity contribution in [1.29, 1.82) is 0 Å². The number of carbonyl (C=O) groups excluding carboxylic acids is 1. The molecule has 0 atom stereocenters. The Labute approximate surface area is 118 Å². The maximum atomic E-state index is 13.0. The maximum Gasteiger partial charge on any atom is 0.501 e. The lowest BCUT2D eigenvalue weighted by molar-refractivity contribution is -0.759. The minimum absolute atomic E-state index is 0.0482. The van der Waals surface area contributed by atoms with E-state index in [4.69, 9.17) is 4.74 Å². The monoisotopic (exact) mass is 300 g/mol. The maximum absolute atomic E-state index is 13.0. The van der Waals surface area contributed by atoms with Crippen molar-refractivity contribution >= 4 is 6.09 Å². The number of hydrogen-bond acceptors (Lipinski definition) is 3. The number of benzene rings is 1. The normalized spacial score (nSPS) is 11.5. The third-order valence-electron chi connectivity index (χ3n) is 2.75. The average Bonchev–Trinajstić information content (AvgIpc) is 2.77. The number of hydrogen-bond donors (Lipinski definition) is 0.